The van der Waals surface area contributed by atoms with Crippen LogP contribution in [0.25, 0.3) is 0 Å². The maximum atomic E-state index is 5.13. The average molecular weight is 279 g/mol. The third kappa shape index (κ3) is 1.94. The highest BCUT2D eigenvalue weighted by atomic mass is 127. The van der Waals surface area contributed by atoms with Gasteiger partial charge < -0.3 is 13.0 Å². The van der Waals surface area contributed by atoms with Gasteiger partial charge in [0.15, 0.2) is 0 Å². The van der Waals surface area contributed by atoms with Gasteiger partial charge in [-0.15, -0.1) is 0 Å². The van der Waals surface area contributed by atoms with Crippen LogP contribution < -0.4 is 13.0 Å². The molecule has 1 aromatic rings. The van der Waals surface area contributed by atoms with Gasteiger partial charge in [-0.05, 0) is 12.1 Å². The second-order valence-corrected chi connectivity index (χ2v) is 2.70. The van der Waals surface area contributed by atoms with E-state index < -0.39 is 0 Å². The molecule has 3 nitrogen and oxygen atoms in total. The van der Waals surface area contributed by atoms with Crippen LogP contribution in [0.4, 0.5) is 5.69 Å². The van der Waals surface area contributed by atoms with E-state index in [9.17, 15) is 0 Å². The second-order valence-electron chi connectivity index (χ2n) is 2.16. The summed E-state index contributed by atoms with van der Waals surface area (Å²) in [6, 6.07) is 5.62. The first kappa shape index (κ1) is 9.44. The zero-order valence-corrected chi connectivity index (χ0v) is 9.08. The highest BCUT2D eigenvalue weighted by Crippen LogP contribution is 2.29. The van der Waals surface area contributed by atoms with Gasteiger partial charge in [0.1, 0.15) is 11.5 Å². The van der Waals surface area contributed by atoms with Crippen molar-refractivity contribution in [2.45, 2.75) is 0 Å². The average Bonchev–Trinajstić information content (AvgIpc) is 2.16. The monoisotopic (exact) mass is 279 g/mol. The Labute approximate surface area is 85.6 Å². The molecule has 0 aliphatic carbocycles. The quantitative estimate of drug-likeness (QED) is 0.681. The van der Waals surface area contributed by atoms with Crippen molar-refractivity contribution in [2.24, 2.45) is 0 Å². The molecule has 0 aliphatic heterocycles. The number of hydrogen-bond donors (Lipinski definition) is 1. The van der Waals surface area contributed by atoms with E-state index >= 15 is 0 Å². The van der Waals surface area contributed by atoms with Crippen molar-refractivity contribution in [1.82, 2.24) is 0 Å². The number of benzene rings is 1. The van der Waals surface area contributed by atoms with Crippen LogP contribution in [0.2, 0.25) is 0 Å². The second kappa shape index (κ2) is 4.39. The fraction of sp³-hybridized carbons (Fsp3) is 0.250. The molecular weight excluding hydrogens is 269 g/mol. The van der Waals surface area contributed by atoms with E-state index in [0.717, 1.165) is 17.2 Å². The van der Waals surface area contributed by atoms with Gasteiger partial charge in [-0.2, -0.15) is 0 Å². The fourth-order valence-corrected chi connectivity index (χ4v) is 1.32. The van der Waals surface area contributed by atoms with E-state index in [4.69, 9.17) is 9.47 Å². The van der Waals surface area contributed by atoms with Gasteiger partial charge in [-0.25, -0.2) is 0 Å². The summed E-state index contributed by atoms with van der Waals surface area (Å²) in [6.07, 6.45) is 0. The lowest BCUT2D eigenvalue weighted by molar-refractivity contribution is 0.396. The predicted molar refractivity (Wildman–Crippen MR) is 57.2 cm³/mol. The fourth-order valence-electron chi connectivity index (χ4n) is 0.877. The van der Waals surface area contributed by atoms with Crippen molar-refractivity contribution in [1.29, 1.82) is 0 Å². The van der Waals surface area contributed by atoms with Crippen LogP contribution in [-0.4, -0.2) is 14.2 Å². The number of methoxy groups -OCH3 is 2. The van der Waals surface area contributed by atoms with Gasteiger partial charge in [0.05, 0.1) is 42.8 Å². The molecule has 0 fully saturated rings. The third-order valence-corrected chi connectivity index (χ3v) is 2.09. The van der Waals surface area contributed by atoms with Crippen molar-refractivity contribution in [3.05, 3.63) is 18.2 Å². The van der Waals surface area contributed by atoms with Crippen molar-refractivity contribution in [3.63, 3.8) is 0 Å². The van der Waals surface area contributed by atoms with Gasteiger partial charge in [0.25, 0.3) is 0 Å². The Balaban J connectivity index is 3.02. The van der Waals surface area contributed by atoms with E-state index in [1.165, 1.54) is 0 Å². The molecule has 66 valence electrons. The van der Waals surface area contributed by atoms with Crippen LogP contribution >= 0.6 is 22.9 Å². The lowest BCUT2D eigenvalue weighted by Gasteiger charge is -2.08. The molecule has 0 saturated heterocycles. The van der Waals surface area contributed by atoms with Crippen LogP contribution in [0.3, 0.4) is 0 Å². The molecule has 0 bridgehead atoms. The number of nitrogens with one attached hydrogen (secondary N) is 1. The molecule has 0 amide bonds. The summed E-state index contributed by atoms with van der Waals surface area (Å²) in [5, 5.41) is 0. The first-order chi connectivity index (χ1) is 5.81. The van der Waals surface area contributed by atoms with Gasteiger partial charge in [0, 0.05) is 6.07 Å². The molecule has 0 radical (unpaired) electrons. The van der Waals surface area contributed by atoms with Crippen LogP contribution in [0.15, 0.2) is 18.2 Å². The SMILES string of the molecule is COc1ccc(NI)c(OC)c1. The molecule has 4 heteroatoms. The minimum atomic E-state index is 0.781. The summed E-state index contributed by atoms with van der Waals surface area (Å²) >= 11 is 2.06. The maximum absolute atomic E-state index is 5.13. The van der Waals surface area contributed by atoms with E-state index in [1.807, 2.05) is 18.2 Å². The van der Waals surface area contributed by atoms with Crippen molar-refractivity contribution in [2.75, 3.05) is 17.7 Å². The Morgan fingerprint density at radius 2 is 2.00 bits per heavy atom. The van der Waals surface area contributed by atoms with Crippen LogP contribution in [0, 0.1) is 0 Å². The summed E-state index contributed by atoms with van der Waals surface area (Å²) < 4.78 is 13.2. The number of ether oxygens (including phenoxy) is 2. The van der Waals surface area contributed by atoms with Gasteiger partial charge in [-0.3, -0.25) is 0 Å². The molecule has 0 heterocycles. The summed E-state index contributed by atoms with van der Waals surface area (Å²) in [6.45, 7) is 0. The molecule has 12 heavy (non-hydrogen) atoms. The lowest BCUT2D eigenvalue weighted by atomic mass is 10.3. The first-order valence-corrected chi connectivity index (χ1v) is 4.48. The molecular formula is C8H10INO2. The Morgan fingerprint density at radius 1 is 1.25 bits per heavy atom. The molecule has 1 aromatic carbocycles. The molecule has 0 unspecified atom stereocenters. The number of anilines is 1. The summed E-state index contributed by atoms with van der Waals surface area (Å²) in [4.78, 5) is 0. The molecule has 0 aromatic heterocycles. The Morgan fingerprint density at radius 3 is 2.50 bits per heavy atom. The number of rotatable bonds is 3. The topological polar surface area (TPSA) is 30.5 Å². The largest absolute Gasteiger partial charge is 0.497 e. The van der Waals surface area contributed by atoms with Crippen LogP contribution in [0.5, 0.6) is 11.5 Å². The minimum absolute atomic E-state index is 0.781. The third-order valence-electron chi connectivity index (χ3n) is 1.51. The van der Waals surface area contributed by atoms with E-state index in [1.54, 1.807) is 14.2 Å². The lowest BCUT2D eigenvalue weighted by Crippen LogP contribution is -1.90. The molecule has 0 atom stereocenters. The van der Waals surface area contributed by atoms with E-state index in [2.05, 4.69) is 26.4 Å². The predicted octanol–water partition coefficient (Wildman–Crippen LogP) is 2.47. The molecule has 1 N–H and O–H groups in total. The van der Waals surface area contributed by atoms with Crippen molar-refractivity contribution < 1.29 is 9.47 Å². The smallest absolute Gasteiger partial charge is 0.146 e. The maximum Gasteiger partial charge on any atom is 0.146 e. The highest BCUT2D eigenvalue weighted by Gasteiger charge is 2.02. The van der Waals surface area contributed by atoms with E-state index in [0.29, 0.717) is 0 Å². The van der Waals surface area contributed by atoms with E-state index in [-0.39, 0.29) is 0 Å². The van der Waals surface area contributed by atoms with Gasteiger partial charge >= 0.3 is 0 Å². The number of hydrogen-bond acceptors (Lipinski definition) is 3. The summed E-state index contributed by atoms with van der Waals surface area (Å²) in [5.74, 6) is 1.58. The zero-order chi connectivity index (χ0) is 8.97. The zero-order valence-electron chi connectivity index (χ0n) is 6.93. The summed E-state index contributed by atoms with van der Waals surface area (Å²) in [5.41, 5.74) is 0.943. The first-order valence-electron chi connectivity index (χ1n) is 3.40. The molecule has 0 saturated carbocycles. The van der Waals surface area contributed by atoms with Gasteiger partial charge in [0.2, 0.25) is 0 Å². The minimum Gasteiger partial charge on any atom is -0.497 e. The van der Waals surface area contributed by atoms with Crippen molar-refractivity contribution >= 4 is 28.6 Å². The van der Waals surface area contributed by atoms with Crippen LogP contribution in [-0.2, 0) is 0 Å². The molecule has 0 aliphatic rings. The highest BCUT2D eigenvalue weighted by molar-refractivity contribution is 14.1. The summed E-state index contributed by atoms with van der Waals surface area (Å²) in [7, 11) is 3.26. The van der Waals surface area contributed by atoms with Crippen LogP contribution in [0.1, 0.15) is 0 Å². The molecule has 0 spiro atoms. The normalized spacial score (nSPS) is 9.25. The standard InChI is InChI=1S/C8H10INO2/c1-11-6-3-4-7(10-9)8(5-6)12-2/h3-5,10H,1-2H3. The Bertz CT molecular complexity index is 265. The Kier molecular flexibility index (Phi) is 3.46. The van der Waals surface area contributed by atoms with Gasteiger partial charge in [-0.1, -0.05) is 0 Å². The Hall–Kier alpha value is -0.650. The van der Waals surface area contributed by atoms with Crippen molar-refractivity contribution in [3.8, 4) is 11.5 Å². The number of halogens is 1. The molecule has 1 rings (SSSR count).